The molecule has 0 saturated carbocycles. The lowest BCUT2D eigenvalue weighted by Crippen LogP contribution is -2.13. The Labute approximate surface area is 158 Å². The Morgan fingerprint density at radius 1 is 1.00 bits per heavy atom. The number of hydrogen-bond acceptors (Lipinski definition) is 5. The van der Waals surface area contributed by atoms with Gasteiger partial charge in [-0.25, -0.2) is 9.78 Å². The van der Waals surface area contributed by atoms with Gasteiger partial charge in [0.2, 0.25) is 0 Å². The highest BCUT2D eigenvalue weighted by Gasteiger charge is 2.12. The van der Waals surface area contributed by atoms with Gasteiger partial charge in [0.25, 0.3) is 5.91 Å². The molecule has 0 bridgehead atoms. The van der Waals surface area contributed by atoms with Crippen molar-refractivity contribution in [2.24, 2.45) is 0 Å². The Morgan fingerprint density at radius 3 is 2.38 bits per heavy atom. The average molecular weight is 412 g/mol. The van der Waals surface area contributed by atoms with E-state index < -0.39 is 5.97 Å². The Balaban J connectivity index is 1.65. The van der Waals surface area contributed by atoms with Gasteiger partial charge in [-0.15, -0.1) is 0 Å². The van der Waals surface area contributed by atoms with Crippen LogP contribution >= 0.6 is 15.9 Å². The van der Waals surface area contributed by atoms with E-state index in [1.165, 1.54) is 12.4 Å². The molecule has 0 aliphatic heterocycles. The van der Waals surface area contributed by atoms with E-state index in [9.17, 15) is 9.59 Å². The molecule has 1 amide bonds. The number of amides is 1. The van der Waals surface area contributed by atoms with Gasteiger partial charge in [-0.05, 0) is 59.3 Å². The second-order valence-corrected chi connectivity index (χ2v) is 6.25. The number of esters is 1. The third-order valence-corrected chi connectivity index (χ3v) is 4.12. The fraction of sp³-hybridized carbons (Fsp3) is 0.0526. The summed E-state index contributed by atoms with van der Waals surface area (Å²) in [6.45, 7) is 1.78. The van der Waals surface area contributed by atoms with Gasteiger partial charge in [-0.2, -0.15) is 0 Å². The van der Waals surface area contributed by atoms with Crippen molar-refractivity contribution in [1.82, 2.24) is 9.97 Å². The van der Waals surface area contributed by atoms with Crippen molar-refractivity contribution in [2.45, 2.75) is 6.92 Å². The van der Waals surface area contributed by atoms with E-state index >= 15 is 0 Å². The highest BCUT2D eigenvalue weighted by Crippen LogP contribution is 2.20. The van der Waals surface area contributed by atoms with Crippen molar-refractivity contribution in [3.05, 3.63) is 82.3 Å². The Morgan fingerprint density at radius 2 is 1.73 bits per heavy atom. The van der Waals surface area contributed by atoms with Crippen LogP contribution in [0.3, 0.4) is 0 Å². The number of aromatic nitrogens is 2. The molecule has 0 aliphatic rings. The van der Waals surface area contributed by atoms with Crippen LogP contribution in [0.25, 0.3) is 0 Å². The number of ether oxygens (including phenoxy) is 1. The third-order valence-electron chi connectivity index (χ3n) is 3.43. The van der Waals surface area contributed by atoms with E-state index in [0.717, 1.165) is 0 Å². The predicted octanol–water partition coefficient (Wildman–Crippen LogP) is 4.02. The zero-order chi connectivity index (χ0) is 18.5. The van der Waals surface area contributed by atoms with Crippen LogP contribution in [0.1, 0.15) is 26.5 Å². The average Bonchev–Trinajstić information content (AvgIpc) is 2.64. The molecule has 1 N–H and O–H groups in total. The first-order valence-electron chi connectivity index (χ1n) is 7.70. The van der Waals surface area contributed by atoms with Gasteiger partial charge in [-0.1, -0.05) is 12.1 Å². The van der Waals surface area contributed by atoms with E-state index in [4.69, 9.17) is 4.74 Å². The maximum absolute atomic E-state index is 12.3. The van der Waals surface area contributed by atoms with Crippen LogP contribution < -0.4 is 10.1 Å². The van der Waals surface area contributed by atoms with Crippen molar-refractivity contribution in [1.29, 1.82) is 0 Å². The fourth-order valence-electron chi connectivity index (χ4n) is 2.11. The number of carbonyl (C=O) groups excluding carboxylic acids is 2. The van der Waals surface area contributed by atoms with E-state index in [-0.39, 0.29) is 11.6 Å². The lowest BCUT2D eigenvalue weighted by Gasteiger charge is -2.08. The number of anilines is 1. The lowest BCUT2D eigenvalue weighted by atomic mass is 10.2. The van der Waals surface area contributed by atoms with Gasteiger partial charge >= 0.3 is 5.97 Å². The molecule has 26 heavy (non-hydrogen) atoms. The Kier molecular flexibility index (Phi) is 5.38. The van der Waals surface area contributed by atoms with Crippen molar-refractivity contribution < 1.29 is 14.3 Å². The number of benzene rings is 2. The quantitative estimate of drug-likeness (QED) is 0.517. The molecule has 2 aromatic carbocycles. The molecule has 0 unspecified atom stereocenters. The lowest BCUT2D eigenvalue weighted by molar-refractivity contribution is 0.0727. The largest absolute Gasteiger partial charge is 0.422 e. The molecule has 7 heteroatoms. The summed E-state index contributed by atoms with van der Waals surface area (Å²) in [6, 6.07) is 13.6. The fourth-order valence-corrected chi connectivity index (χ4v) is 2.57. The Bertz CT molecular complexity index is 941. The van der Waals surface area contributed by atoms with Crippen LogP contribution in [0.15, 0.2) is 65.4 Å². The molecule has 0 atom stereocenters. The SMILES string of the molecule is Cc1cnc(C(=O)Oc2ccc(NC(=O)c3ccccc3Br)cc2)cn1. The Hall–Kier alpha value is -3.06. The molecule has 0 saturated heterocycles. The van der Waals surface area contributed by atoms with Crippen LogP contribution in [-0.4, -0.2) is 21.8 Å². The van der Waals surface area contributed by atoms with Gasteiger partial charge in [0, 0.05) is 16.4 Å². The van der Waals surface area contributed by atoms with Crippen LogP contribution in [0.2, 0.25) is 0 Å². The molecule has 130 valence electrons. The number of carbonyl (C=O) groups is 2. The van der Waals surface area contributed by atoms with Crippen LogP contribution in [-0.2, 0) is 0 Å². The van der Waals surface area contributed by atoms with Crippen molar-refractivity contribution in [2.75, 3.05) is 5.32 Å². The monoisotopic (exact) mass is 411 g/mol. The van der Waals surface area contributed by atoms with Gasteiger partial charge in [-0.3, -0.25) is 9.78 Å². The highest BCUT2D eigenvalue weighted by atomic mass is 79.9. The summed E-state index contributed by atoms with van der Waals surface area (Å²) in [7, 11) is 0. The zero-order valence-electron chi connectivity index (χ0n) is 13.8. The summed E-state index contributed by atoms with van der Waals surface area (Å²) in [6.07, 6.45) is 2.86. The molecule has 3 aromatic rings. The molecule has 1 heterocycles. The minimum atomic E-state index is -0.595. The second-order valence-electron chi connectivity index (χ2n) is 5.39. The van der Waals surface area contributed by atoms with Gasteiger partial charge in [0.15, 0.2) is 5.69 Å². The summed E-state index contributed by atoms with van der Waals surface area (Å²) >= 11 is 3.35. The molecule has 0 spiro atoms. The van der Waals surface area contributed by atoms with Crippen molar-refractivity contribution in [3.63, 3.8) is 0 Å². The summed E-state index contributed by atoms with van der Waals surface area (Å²) in [5, 5.41) is 2.79. The summed E-state index contributed by atoms with van der Waals surface area (Å²) in [5.74, 6) is -0.490. The van der Waals surface area contributed by atoms with Gasteiger partial charge in [0.05, 0.1) is 17.5 Å². The van der Waals surface area contributed by atoms with Gasteiger partial charge < -0.3 is 10.1 Å². The topological polar surface area (TPSA) is 81.2 Å². The first-order chi connectivity index (χ1) is 12.5. The predicted molar refractivity (Wildman–Crippen MR) is 100 cm³/mol. The minimum Gasteiger partial charge on any atom is -0.422 e. The molecule has 1 aromatic heterocycles. The number of rotatable bonds is 4. The van der Waals surface area contributed by atoms with E-state index in [2.05, 4.69) is 31.2 Å². The molecule has 3 rings (SSSR count). The molecular formula is C19H14BrN3O3. The maximum atomic E-state index is 12.3. The zero-order valence-corrected chi connectivity index (χ0v) is 15.4. The van der Waals surface area contributed by atoms with E-state index in [0.29, 0.717) is 27.2 Å². The standard InChI is InChI=1S/C19H14BrN3O3/c1-12-10-22-17(11-21-12)19(25)26-14-8-6-13(7-9-14)23-18(24)15-4-2-3-5-16(15)20/h2-11H,1H3,(H,23,24). The van der Waals surface area contributed by atoms with E-state index in [1.807, 2.05) is 6.07 Å². The molecule has 6 nitrogen and oxygen atoms in total. The molecule has 0 fully saturated rings. The van der Waals surface area contributed by atoms with Gasteiger partial charge in [0.1, 0.15) is 5.75 Å². The third kappa shape index (κ3) is 4.31. The first-order valence-corrected chi connectivity index (χ1v) is 8.49. The molecular weight excluding hydrogens is 398 g/mol. The maximum Gasteiger partial charge on any atom is 0.363 e. The number of halogens is 1. The number of nitrogens with one attached hydrogen (secondary N) is 1. The van der Waals surface area contributed by atoms with E-state index in [1.54, 1.807) is 49.4 Å². The smallest absolute Gasteiger partial charge is 0.363 e. The minimum absolute atomic E-state index is 0.127. The normalized spacial score (nSPS) is 10.2. The molecule has 0 aliphatic carbocycles. The number of nitrogens with zero attached hydrogens (tertiary/aromatic N) is 2. The number of hydrogen-bond donors (Lipinski definition) is 1. The summed E-state index contributed by atoms with van der Waals surface area (Å²) in [4.78, 5) is 32.3. The van der Waals surface area contributed by atoms with Crippen molar-refractivity contribution >= 4 is 33.5 Å². The number of aryl methyl sites for hydroxylation is 1. The highest BCUT2D eigenvalue weighted by molar-refractivity contribution is 9.10. The summed E-state index contributed by atoms with van der Waals surface area (Å²) in [5.41, 5.74) is 1.95. The second kappa shape index (κ2) is 7.88. The van der Waals surface area contributed by atoms with Crippen molar-refractivity contribution in [3.8, 4) is 5.75 Å². The van der Waals surface area contributed by atoms with Crippen LogP contribution in [0.5, 0.6) is 5.75 Å². The summed E-state index contributed by atoms with van der Waals surface area (Å²) < 4.78 is 5.95. The first kappa shape index (κ1) is 17.8. The van der Waals surface area contributed by atoms with Crippen LogP contribution in [0, 0.1) is 6.92 Å². The van der Waals surface area contributed by atoms with Crippen LogP contribution in [0.4, 0.5) is 5.69 Å². The molecule has 0 radical (unpaired) electrons.